The lowest BCUT2D eigenvalue weighted by Gasteiger charge is -2.24. The van der Waals surface area contributed by atoms with Gasteiger partial charge in [0.05, 0.1) is 42.3 Å². The minimum Gasteiger partial charge on any atom is -1.00 e. The van der Waals surface area contributed by atoms with E-state index in [0.29, 0.717) is 0 Å². The van der Waals surface area contributed by atoms with Crippen molar-refractivity contribution < 1.29 is 24.8 Å². The van der Waals surface area contributed by atoms with Gasteiger partial charge in [0.15, 0.2) is 0 Å². The van der Waals surface area contributed by atoms with Gasteiger partial charge in [-0.3, -0.25) is 8.97 Å². The van der Waals surface area contributed by atoms with Gasteiger partial charge in [-0.1, -0.05) is 0 Å². The summed E-state index contributed by atoms with van der Waals surface area (Å²) in [5.74, 6) is 0. The molecule has 0 bridgehead atoms. The van der Waals surface area contributed by atoms with Crippen LogP contribution in [0.15, 0.2) is 48.5 Å². The zero-order valence-electron chi connectivity index (χ0n) is 15.3. The number of halogens is 2. The number of hydrogen-bond donors (Lipinski definition) is 0. The maximum atomic E-state index is 2.32. The Morgan fingerprint density at radius 3 is 1.12 bits per heavy atom. The predicted octanol–water partition coefficient (Wildman–Crippen LogP) is -1.61. The minimum atomic E-state index is 0. The summed E-state index contributed by atoms with van der Waals surface area (Å²) < 4.78 is 1.68. The number of rotatable bonds is 2. The molecule has 0 radical (unpaired) electrons. The highest BCUT2D eigenvalue weighted by molar-refractivity contribution is 6.00. The number of benzene rings is 3. The van der Waals surface area contributed by atoms with E-state index in [2.05, 4.69) is 90.8 Å². The fourth-order valence-electron chi connectivity index (χ4n) is 2.81. The first kappa shape index (κ1) is 20.7. The lowest BCUT2D eigenvalue weighted by molar-refractivity contribution is -0.001000. The molecule has 0 saturated carbocycles. The third-order valence-electron chi connectivity index (χ3n) is 4.31. The van der Waals surface area contributed by atoms with E-state index in [4.69, 9.17) is 0 Å². The molecule has 0 aliphatic heterocycles. The summed E-state index contributed by atoms with van der Waals surface area (Å²) >= 11 is 0. The molecule has 0 aliphatic carbocycles. The molecule has 0 unspecified atom stereocenters. The first-order valence-corrected chi connectivity index (χ1v) is 7.76. The van der Waals surface area contributed by atoms with E-state index in [0.717, 1.165) is 8.97 Å². The van der Waals surface area contributed by atoms with Crippen molar-refractivity contribution in [1.29, 1.82) is 0 Å². The van der Waals surface area contributed by atoms with E-state index in [1.54, 1.807) is 0 Å². The van der Waals surface area contributed by atoms with Crippen LogP contribution in [0.2, 0.25) is 0 Å². The average Bonchev–Trinajstić information content (AvgIpc) is 2.41. The normalized spacial score (nSPS) is 11.9. The smallest absolute Gasteiger partial charge is 0.132 e. The molecule has 0 amide bonds. The molecule has 0 atom stereocenters. The van der Waals surface area contributed by atoms with Gasteiger partial charge in [-0.25, -0.2) is 0 Å². The quantitative estimate of drug-likeness (QED) is 0.379. The summed E-state index contributed by atoms with van der Waals surface area (Å²) in [5.41, 5.74) is 2.66. The maximum Gasteiger partial charge on any atom is 0.132 e. The molecular weight excluding hydrogens is 339 g/mol. The highest BCUT2D eigenvalue weighted by atomic mass is 35.5. The molecule has 0 N–H and O–H groups in total. The van der Waals surface area contributed by atoms with Crippen LogP contribution in [0, 0.1) is 0 Å². The van der Waals surface area contributed by atoms with Gasteiger partial charge < -0.3 is 24.8 Å². The summed E-state index contributed by atoms with van der Waals surface area (Å²) in [5, 5.41) is 5.25. The molecular formula is C20H26Cl2N2. The Morgan fingerprint density at radius 2 is 0.792 bits per heavy atom. The van der Waals surface area contributed by atoms with Crippen molar-refractivity contribution in [3.63, 3.8) is 0 Å². The molecule has 0 aromatic heterocycles. The second-order valence-corrected chi connectivity index (χ2v) is 7.94. The molecule has 4 heteroatoms. The molecule has 0 spiro atoms. The third-order valence-corrected chi connectivity index (χ3v) is 4.31. The molecule has 2 nitrogen and oxygen atoms in total. The second kappa shape index (κ2) is 6.89. The van der Waals surface area contributed by atoms with Crippen LogP contribution in [-0.4, -0.2) is 42.3 Å². The van der Waals surface area contributed by atoms with Crippen molar-refractivity contribution in [2.75, 3.05) is 42.3 Å². The zero-order valence-corrected chi connectivity index (χ0v) is 16.8. The van der Waals surface area contributed by atoms with E-state index < -0.39 is 0 Å². The van der Waals surface area contributed by atoms with Gasteiger partial charge in [0.1, 0.15) is 11.4 Å². The van der Waals surface area contributed by atoms with Crippen LogP contribution in [0.4, 0.5) is 11.4 Å². The van der Waals surface area contributed by atoms with Gasteiger partial charge in [0.25, 0.3) is 0 Å². The molecule has 0 saturated heterocycles. The van der Waals surface area contributed by atoms with Gasteiger partial charge in [-0.2, -0.15) is 0 Å². The van der Waals surface area contributed by atoms with Gasteiger partial charge in [0.2, 0.25) is 0 Å². The second-order valence-electron chi connectivity index (χ2n) is 7.94. The largest absolute Gasteiger partial charge is 1.00 e. The van der Waals surface area contributed by atoms with E-state index >= 15 is 0 Å². The average molecular weight is 365 g/mol. The highest BCUT2D eigenvalue weighted by Crippen LogP contribution is 2.30. The first-order chi connectivity index (χ1) is 10.1. The van der Waals surface area contributed by atoms with Crippen molar-refractivity contribution >= 4 is 32.9 Å². The summed E-state index contributed by atoms with van der Waals surface area (Å²) in [6.45, 7) is 0. The van der Waals surface area contributed by atoms with Crippen LogP contribution >= 0.6 is 0 Å². The molecule has 0 heterocycles. The first-order valence-electron chi connectivity index (χ1n) is 7.76. The third kappa shape index (κ3) is 4.01. The van der Waals surface area contributed by atoms with Crippen LogP contribution in [0.5, 0.6) is 0 Å². The van der Waals surface area contributed by atoms with Crippen LogP contribution in [-0.2, 0) is 0 Å². The number of fused-ring (bicyclic) bond motifs is 2. The van der Waals surface area contributed by atoms with Crippen molar-refractivity contribution in [2.45, 2.75) is 0 Å². The Hall–Kier alpha value is -1.32. The number of quaternary nitrogens is 2. The fourth-order valence-corrected chi connectivity index (χ4v) is 2.81. The van der Waals surface area contributed by atoms with Crippen LogP contribution in [0.1, 0.15) is 0 Å². The van der Waals surface area contributed by atoms with Crippen molar-refractivity contribution in [1.82, 2.24) is 8.97 Å². The standard InChI is InChI=1S/C20H26N2.2ClH/c1-21(2,3)19-9-7-15-11-16-8-10-20(22(4,5)6)14-18(16)12-17(15)13-19;;/h7-14H,1-6H3;2*1H/q+2;;/p-2. The molecule has 0 aliphatic rings. The summed E-state index contributed by atoms with van der Waals surface area (Å²) in [6.07, 6.45) is 0. The predicted molar refractivity (Wildman–Crippen MR) is 101 cm³/mol. The summed E-state index contributed by atoms with van der Waals surface area (Å²) in [4.78, 5) is 0. The van der Waals surface area contributed by atoms with Gasteiger partial charge >= 0.3 is 0 Å². The molecule has 130 valence electrons. The van der Waals surface area contributed by atoms with E-state index in [1.807, 2.05) is 0 Å². The summed E-state index contributed by atoms with van der Waals surface area (Å²) in [6, 6.07) is 18.2. The van der Waals surface area contributed by atoms with Crippen LogP contribution < -0.4 is 33.8 Å². The minimum absolute atomic E-state index is 0. The van der Waals surface area contributed by atoms with Crippen LogP contribution in [0.3, 0.4) is 0 Å². The van der Waals surface area contributed by atoms with Crippen molar-refractivity contribution in [2.24, 2.45) is 0 Å². The Balaban J connectivity index is 0.00000144. The van der Waals surface area contributed by atoms with E-state index in [-0.39, 0.29) is 24.8 Å². The number of nitrogens with zero attached hydrogens (tertiary/aromatic N) is 2. The molecule has 24 heavy (non-hydrogen) atoms. The van der Waals surface area contributed by atoms with Crippen molar-refractivity contribution in [3.8, 4) is 0 Å². The van der Waals surface area contributed by atoms with Gasteiger partial charge in [-0.15, -0.1) is 0 Å². The lowest BCUT2D eigenvalue weighted by atomic mass is 10.0. The van der Waals surface area contributed by atoms with Crippen molar-refractivity contribution in [3.05, 3.63) is 48.5 Å². The SMILES string of the molecule is C[N+](C)(C)c1ccc2cc3ccc([N+](C)(C)C)cc3cc2c1.[Cl-].[Cl-]. The molecule has 3 aromatic carbocycles. The molecule has 3 rings (SSSR count). The summed E-state index contributed by atoms with van der Waals surface area (Å²) in [7, 11) is 13.2. The van der Waals surface area contributed by atoms with Gasteiger partial charge in [0, 0.05) is 12.1 Å². The van der Waals surface area contributed by atoms with Crippen LogP contribution in [0.25, 0.3) is 21.5 Å². The zero-order chi connectivity index (χ0) is 16.1. The Labute approximate surface area is 157 Å². The lowest BCUT2D eigenvalue weighted by Crippen LogP contribution is -3.00. The highest BCUT2D eigenvalue weighted by Gasteiger charge is 2.14. The Bertz CT molecular complexity index is 790. The van der Waals surface area contributed by atoms with E-state index in [1.165, 1.54) is 32.9 Å². The Morgan fingerprint density at radius 1 is 0.458 bits per heavy atom. The van der Waals surface area contributed by atoms with E-state index in [9.17, 15) is 0 Å². The molecule has 0 fully saturated rings. The number of hydrogen-bond acceptors (Lipinski definition) is 0. The topological polar surface area (TPSA) is 0 Å². The monoisotopic (exact) mass is 364 g/mol. The fraction of sp³-hybridized carbons (Fsp3) is 0.300. The molecule has 3 aromatic rings. The maximum absolute atomic E-state index is 2.32. The van der Waals surface area contributed by atoms with Gasteiger partial charge in [-0.05, 0) is 57.9 Å². The Kier molecular flexibility index (Phi) is 5.95.